The maximum atomic E-state index is 5.74. The summed E-state index contributed by atoms with van der Waals surface area (Å²) in [4.78, 5) is 3.18. The molecule has 0 spiro atoms. The Morgan fingerprint density at radius 2 is 1.89 bits per heavy atom. The molecule has 0 fully saturated rings. The van der Waals surface area contributed by atoms with E-state index in [0.717, 1.165) is 16.8 Å². The summed E-state index contributed by atoms with van der Waals surface area (Å²) in [5.41, 5.74) is 1.93. The highest BCUT2D eigenvalue weighted by Crippen LogP contribution is 2.30. The summed E-state index contributed by atoms with van der Waals surface area (Å²) in [5.74, 6) is 1.37. The first-order valence-electron chi connectivity index (χ1n) is 6.38. The lowest BCUT2D eigenvalue weighted by molar-refractivity contribution is 0.0962. The number of aromatic amines is 1. The zero-order valence-corrected chi connectivity index (χ0v) is 11.4. The van der Waals surface area contributed by atoms with Crippen LogP contribution < -0.4 is 4.74 Å². The minimum atomic E-state index is -0.250. The van der Waals surface area contributed by atoms with Gasteiger partial charge in [-0.05, 0) is 51.1 Å². The molecule has 0 aliphatic rings. The van der Waals surface area contributed by atoms with Crippen LogP contribution in [0.5, 0.6) is 5.95 Å². The van der Waals surface area contributed by atoms with Crippen LogP contribution in [-0.4, -0.2) is 10.6 Å². The van der Waals surface area contributed by atoms with Crippen LogP contribution in [0, 0.1) is 0 Å². The van der Waals surface area contributed by atoms with E-state index in [1.54, 1.807) is 0 Å². The molecule has 0 aliphatic carbocycles. The molecule has 0 radical (unpaired) electrons. The summed E-state index contributed by atoms with van der Waals surface area (Å²) < 4.78 is 11.4. The quantitative estimate of drug-likeness (QED) is 0.726. The number of rotatable bonds is 2. The number of ether oxygens (including phenoxy) is 1. The van der Waals surface area contributed by atoms with Gasteiger partial charge in [-0.1, -0.05) is 0 Å². The van der Waals surface area contributed by atoms with Crippen molar-refractivity contribution in [2.75, 3.05) is 0 Å². The van der Waals surface area contributed by atoms with E-state index in [4.69, 9.17) is 9.15 Å². The zero-order valence-electron chi connectivity index (χ0n) is 11.4. The first-order chi connectivity index (χ1) is 9.01. The van der Waals surface area contributed by atoms with E-state index in [2.05, 4.69) is 17.1 Å². The molecule has 0 saturated carbocycles. The first-order valence-corrected chi connectivity index (χ1v) is 6.38. The van der Waals surface area contributed by atoms with Crippen molar-refractivity contribution in [2.45, 2.75) is 26.4 Å². The Morgan fingerprint density at radius 3 is 2.68 bits per heavy atom. The van der Waals surface area contributed by atoms with Crippen molar-refractivity contribution >= 4 is 10.9 Å². The van der Waals surface area contributed by atoms with Crippen molar-refractivity contribution in [2.24, 2.45) is 0 Å². The lowest BCUT2D eigenvalue weighted by atomic mass is 10.1. The highest BCUT2D eigenvalue weighted by atomic mass is 16.6. The largest absolute Gasteiger partial charge is 0.459 e. The maximum Gasteiger partial charge on any atom is 0.285 e. The van der Waals surface area contributed by atoms with Crippen LogP contribution in [0.3, 0.4) is 0 Å². The van der Waals surface area contributed by atoms with Crippen molar-refractivity contribution in [3.8, 4) is 17.3 Å². The Kier molecular flexibility index (Phi) is 2.63. The van der Waals surface area contributed by atoms with E-state index in [1.807, 2.05) is 51.2 Å². The second-order valence-corrected chi connectivity index (χ2v) is 5.61. The van der Waals surface area contributed by atoms with Gasteiger partial charge in [-0.25, -0.2) is 0 Å². The number of hydrogen-bond acceptors (Lipinski definition) is 2. The summed E-state index contributed by atoms with van der Waals surface area (Å²) >= 11 is 0. The van der Waals surface area contributed by atoms with Crippen LogP contribution in [0.25, 0.3) is 22.2 Å². The van der Waals surface area contributed by atoms with Crippen LogP contribution in [0.2, 0.25) is 0 Å². The summed E-state index contributed by atoms with van der Waals surface area (Å²) in [6.45, 7) is 6.00. The molecule has 2 heterocycles. The minimum absolute atomic E-state index is 0.250. The lowest BCUT2D eigenvalue weighted by Crippen LogP contribution is -2.22. The van der Waals surface area contributed by atoms with E-state index >= 15 is 0 Å². The first kappa shape index (κ1) is 11.9. The van der Waals surface area contributed by atoms with Gasteiger partial charge in [0.25, 0.3) is 5.95 Å². The van der Waals surface area contributed by atoms with Crippen LogP contribution >= 0.6 is 0 Å². The van der Waals surface area contributed by atoms with Gasteiger partial charge in [0, 0.05) is 28.7 Å². The third-order valence-electron chi connectivity index (χ3n) is 2.83. The Morgan fingerprint density at radius 1 is 1.05 bits per heavy atom. The van der Waals surface area contributed by atoms with Gasteiger partial charge in [0.2, 0.25) is 0 Å². The van der Waals surface area contributed by atoms with Gasteiger partial charge in [0.05, 0.1) is 0 Å². The highest BCUT2D eigenvalue weighted by Gasteiger charge is 2.15. The molecular formula is C16H17NO2. The fourth-order valence-electron chi connectivity index (χ4n) is 2.04. The standard InChI is InChI=1S/C16H17NO2/c1-16(2,3)19-15-7-6-14(18-15)12-4-5-13-11(10-12)8-9-17-13/h4-10,17H,1-3H3. The molecular weight excluding hydrogens is 238 g/mol. The zero-order chi connectivity index (χ0) is 13.5. The van der Waals surface area contributed by atoms with Crippen LogP contribution in [0.4, 0.5) is 0 Å². The Bertz CT molecular complexity index is 701. The summed E-state index contributed by atoms with van der Waals surface area (Å²) in [5, 5.41) is 1.17. The van der Waals surface area contributed by atoms with E-state index in [9.17, 15) is 0 Å². The SMILES string of the molecule is CC(C)(C)Oc1ccc(-c2ccc3[nH]ccc3c2)o1. The molecule has 1 N–H and O–H groups in total. The molecule has 0 atom stereocenters. The molecule has 2 aromatic heterocycles. The molecule has 0 bridgehead atoms. The third kappa shape index (κ3) is 2.50. The fourth-order valence-corrected chi connectivity index (χ4v) is 2.04. The van der Waals surface area contributed by atoms with Gasteiger partial charge < -0.3 is 14.1 Å². The fraction of sp³-hybridized carbons (Fsp3) is 0.250. The number of benzene rings is 1. The Hall–Kier alpha value is -2.16. The predicted octanol–water partition coefficient (Wildman–Crippen LogP) is 4.61. The van der Waals surface area contributed by atoms with Crippen molar-refractivity contribution in [3.63, 3.8) is 0 Å². The molecule has 3 aromatic rings. The molecule has 3 rings (SSSR count). The second kappa shape index (κ2) is 4.19. The smallest absolute Gasteiger partial charge is 0.285 e. The molecule has 0 unspecified atom stereocenters. The minimum Gasteiger partial charge on any atom is -0.459 e. The van der Waals surface area contributed by atoms with Crippen molar-refractivity contribution in [1.29, 1.82) is 0 Å². The molecule has 3 nitrogen and oxygen atoms in total. The molecule has 3 heteroatoms. The van der Waals surface area contributed by atoms with Crippen LogP contribution in [-0.2, 0) is 0 Å². The van der Waals surface area contributed by atoms with E-state index in [-0.39, 0.29) is 5.60 Å². The molecule has 0 saturated heterocycles. The number of fused-ring (bicyclic) bond motifs is 1. The average molecular weight is 255 g/mol. The van der Waals surface area contributed by atoms with E-state index in [1.165, 1.54) is 5.39 Å². The van der Waals surface area contributed by atoms with Gasteiger partial charge >= 0.3 is 0 Å². The second-order valence-electron chi connectivity index (χ2n) is 5.61. The number of nitrogens with one attached hydrogen (secondary N) is 1. The summed E-state index contributed by atoms with van der Waals surface area (Å²) in [7, 11) is 0. The summed E-state index contributed by atoms with van der Waals surface area (Å²) in [6.07, 6.45) is 1.94. The van der Waals surface area contributed by atoms with Crippen molar-refractivity contribution in [1.82, 2.24) is 4.98 Å². The van der Waals surface area contributed by atoms with E-state index in [0.29, 0.717) is 5.95 Å². The maximum absolute atomic E-state index is 5.74. The number of hydrogen-bond donors (Lipinski definition) is 1. The Labute approximate surface area is 112 Å². The molecule has 0 aliphatic heterocycles. The lowest BCUT2D eigenvalue weighted by Gasteiger charge is -2.18. The predicted molar refractivity (Wildman–Crippen MR) is 76.4 cm³/mol. The summed E-state index contributed by atoms with van der Waals surface area (Å²) in [6, 6.07) is 12.0. The normalized spacial score (nSPS) is 11.9. The third-order valence-corrected chi connectivity index (χ3v) is 2.83. The van der Waals surface area contributed by atoms with Gasteiger partial charge in [0.1, 0.15) is 11.4 Å². The molecule has 0 amide bonds. The number of H-pyrrole nitrogens is 1. The van der Waals surface area contributed by atoms with Crippen LogP contribution in [0.15, 0.2) is 47.0 Å². The van der Waals surface area contributed by atoms with Gasteiger partial charge in [-0.2, -0.15) is 0 Å². The van der Waals surface area contributed by atoms with E-state index < -0.39 is 0 Å². The topological polar surface area (TPSA) is 38.2 Å². The van der Waals surface area contributed by atoms with Crippen LogP contribution in [0.1, 0.15) is 20.8 Å². The molecule has 19 heavy (non-hydrogen) atoms. The molecule has 98 valence electrons. The van der Waals surface area contributed by atoms with Crippen molar-refractivity contribution in [3.05, 3.63) is 42.6 Å². The van der Waals surface area contributed by atoms with Gasteiger partial charge in [-0.3, -0.25) is 0 Å². The molecule has 1 aromatic carbocycles. The monoisotopic (exact) mass is 255 g/mol. The highest BCUT2D eigenvalue weighted by molar-refractivity contribution is 5.84. The number of furan rings is 1. The van der Waals surface area contributed by atoms with Gasteiger partial charge in [-0.15, -0.1) is 0 Å². The van der Waals surface area contributed by atoms with Crippen molar-refractivity contribution < 1.29 is 9.15 Å². The Balaban J connectivity index is 1.93. The van der Waals surface area contributed by atoms with Gasteiger partial charge in [0.15, 0.2) is 0 Å². The number of aromatic nitrogens is 1. The average Bonchev–Trinajstić information content (AvgIpc) is 2.93.